The molecule has 1 aromatic heterocycles. The predicted molar refractivity (Wildman–Crippen MR) is 114 cm³/mol. The van der Waals surface area contributed by atoms with E-state index in [2.05, 4.69) is 10.4 Å². The first-order valence-electron chi connectivity index (χ1n) is 9.48. The topological polar surface area (TPSA) is 84.3 Å². The average Bonchev–Trinajstić information content (AvgIpc) is 3.02. The van der Waals surface area contributed by atoms with Crippen LogP contribution in [0.4, 0.5) is 0 Å². The zero-order chi connectivity index (χ0) is 21.5. The third kappa shape index (κ3) is 3.40. The molecule has 1 atom stereocenters. The van der Waals surface area contributed by atoms with Gasteiger partial charge < -0.3 is 5.32 Å². The maximum absolute atomic E-state index is 13.5. The average molecular weight is 445 g/mol. The van der Waals surface area contributed by atoms with Gasteiger partial charge in [-0.05, 0) is 38.1 Å². The molecule has 0 aliphatic carbocycles. The zero-order valence-corrected chi connectivity index (χ0v) is 18.1. The van der Waals surface area contributed by atoms with Crippen molar-refractivity contribution in [2.24, 2.45) is 0 Å². The Balaban J connectivity index is 1.85. The molecule has 30 heavy (non-hydrogen) atoms. The Kier molecular flexibility index (Phi) is 5.40. The van der Waals surface area contributed by atoms with Crippen molar-refractivity contribution in [3.05, 3.63) is 76.6 Å². The Morgan fingerprint density at radius 3 is 2.43 bits per heavy atom. The predicted octanol–water partition coefficient (Wildman–Crippen LogP) is 3.00. The van der Waals surface area contributed by atoms with E-state index in [1.54, 1.807) is 23.7 Å². The second-order valence-electron chi connectivity index (χ2n) is 7.07. The van der Waals surface area contributed by atoms with Crippen molar-refractivity contribution in [2.45, 2.75) is 24.8 Å². The highest BCUT2D eigenvalue weighted by Crippen LogP contribution is 2.35. The number of nitrogens with one attached hydrogen (secondary N) is 1. The van der Waals surface area contributed by atoms with Crippen molar-refractivity contribution in [2.75, 3.05) is 13.1 Å². The van der Waals surface area contributed by atoms with Crippen molar-refractivity contribution >= 4 is 27.5 Å². The van der Waals surface area contributed by atoms with Crippen LogP contribution in [0, 0.1) is 13.8 Å². The molecule has 1 amide bonds. The number of aromatic nitrogens is 2. The van der Waals surface area contributed by atoms with Crippen LogP contribution in [0.2, 0.25) is 5.02 Å². The van der Waals surface area contributed by atoms with E-state index in [0.29, 0.717) is 17.0 Å². The molecule has 9 heteroatoms. The molecule has 4 rings (SSSR count). The van der Waals surface area contributed by atoms with Crippen LogP contribution in [0.15, 0.2) is 59.5 Å². The summed E-state index contributed by atoms with van der Waals surface area (Å²) in [4.78, 5) is 12.9. The minimum Gasteiger partial charge on any atom is -0.353 e. The van der Waals surface area contributed by atoms with E-state index in [1.165, 1.54) is 16.4 Å². The molecule has 3 aromatic rings. The number of halogens is 1. The number of nitrogens with zero attached hydrogens (tertiary/aromatic N) is 3. The van der Waals surface area contributed by atoms with Gasteiger partial charge in [0.2, 0.25) is 15.9 Å². The molecule has 1 aliphatic heterocycles. The number of rotatable bonds is 4. The van der Waals surface area contributed by atoms with Crippen LogP contribution in [0.3, 0.4) is 0 Å². The largest absolute Gasteiger partial charge is 0.353 e. The van der Waals surface area contributed by atoms with Crippen molar-refractivity contribution in [1.82, 2.24) is 19.4 Å². The molecule has 0 saturated carbocycles. The fourth-order valence-corrected chi connectivity index (χ4v) is 5.89. The van der Waals surface area contributed by atoms with E-state index in [0.717, 1.165) is 5.69 Å². The van der Waals surface area contributed by atoms with Crippen molar-refractivity contribution in [3.8, 4) is 5.69 Å². The lowest BCUT2D eigenvalue weighted by molar-refractivity contribution is -0.127. The first-order chi connectivity index (χ1) is 14.3. The van der Waals surface area contributed by atoms with Crippen LogP contribution in [0.1, 0.15) is 23.0 Å². The quantitative estimate of drug-likeness (QED) is 0.670. The number of carbonyl (C=O) groups is 1. The standard InChI is InChI=1S/C21H21ClN4O3S/c1-14-19(15(2)26(24-14)16-8-4-3-5-9-16)20-21(27)23-12-13-25(20)30(28,29)18-11-7-6-10-17(18)22/h3-11,20H,12-13H2,1-2H3,(H,23,27)/t20-/m1/s1. The third-order valence-electron chi connectivity index (χ3n) is 5.21. The number of carbonyl (C=O) groups excluding carboxylic acids is 1. The van der Waals surface area contributed by atoms with E-state index < -0.39 is 16.1 Å². The smallest absolute Gasteiger partial charge is 0.245 e. The van der Waals surface area contributed by atoms with Crippen molar-refractivity contribution in [1.29, 1.82) is 0 Å². The summed E-state index contributed by atoms with van der Waals surface area (Å²) >= 11 is 6.18. The Hall–Kier alpha value is -2.68. The summed E-state index contributed by atoms with van der Waals surface area (Å²) < 4.78 is 29.9. The molecular weight excluding hydrogens is 424 g/mol. The molecule has 1 aliphatic rings. The van der Waals surface area contributed by atoms with E-state index in [1.807, 2.05) is 37.3 Å². The highest BCUT2D eigenvalue weighted by Gasteiger charge is 2.42. The number of hydrogen-bond acceptors (Lipinski definition) is 4. The molecule has 7 nitrogen and oxygen atoms in total. The molecule has 2 aromatic carbocycles. The minimum absolute atomic E-state index is 0.0166. The summed E-state index contributed by atoms with van der Waals surface area (Å²) in [5.74, 6) is -0.379. The fraction of sp³-hybridized carbons (Fsp3) is 0.238. The molecule has 0 radical (unpaired) electrons. The maximum atomic E-state index is 13.5. The van der Waals surface area contributed by atoms with E-state index >= 15 is 0 Å². The molecule has 2 heterocycles. The molecule has 1 saturated heterocycles. The zero-order valence-electron chi connectivity index (χ0n) is 16.5. The van der Waals surface area contributed by atoms with Crippen LogP contribution in [-0.4, -0.2) is 41.5 Å². The van der Waals surface area contributed by atoms with Gasteiger partial charge in [-0.1, -0.05) is 41.9 Å². The highest BCUT2D eigenvalue weighted by atomic mass is 35.5. The monoisotopic (exact) mass is 444 g/mol. The summed E-state index contributed by atoms with van der Waals surface area (Å²) in [6.45, 7) is 3.98. The van der Waals surface area contributed by atoms with Gasteiger partial charge >= 0.3 is 0 Å². The normalized spacial score (nSPS) is 17.7. The Morgan fingerprint density at radius 1 is 1.07 bits per heavy atom. The van der Waals surface area contributed by atoms with Gasteiger partial charge in [-0.25, -0.2) is 13.1 Å². The van der Waals surface area contributed by atoms with Crippen LogP contribution < -0.4 is 5.32 Å². The summed E-state index contributed by atoms with van der Waals surface area (Å²) in [5, 5.41) is 7.49. The first kappa shape index (κ1) is 20.6. The Morgan fingerprint density at radius 2 is 1.73 bits per heavy atom. The number of benzene rings is 2. The van der Waals surface area contributed by atoms with Gasteiger partial charge in [-0.2, -0.15) is 9.40 Å². The van der Waals surface area contributed by atoms with Crippen molar-refractivity contribution < 1.29 is 13.2 Å². The highest BCUT2D eigenvalue weighted by molar-refractivity contribution is 7.89. The molecule has 0 bridgehead atoms. The summed E-state index contributed by atoms with van der Waals surface area (Å²) in [6, 6.07) is 14.7. The van der Waals surface area contributed by atoms with Gasteiger partial charge in [0, 0.05) is 24.3 Å². The Labute approximate surface area is 180 Å². The lowest BCUT2D eigenvalue weighted by atomic mass is 10.0. The lowest BCUT2D eigenvalue weighted by Gasteiger charge is -2.34. The molecule has 1 fully saturated rings. The van der Waals surface area contributed by atoms with Gasteiger partial charge in [0.05, 0.1) is 16.4 Å². The summed E-state index contributed by atoms with van der Waals surface area (Å²) in [7, 11) is -4.01. The maximum Gasteiger partial charge on any atom is 0.245 e. The van der Waals surface area contributed by atoms with Gasteiger partial charge in [-0.3, -0.25) is 4.79 Å². The molecule has 0 unspecified atom stereocenters. The van der Waals surface area contributed by atoms with E-state index in [-0.39, 0.29) is 28.9 Å². The second kappa shape index (κ2) is 7.86. The van der Waals surface area contributed by atoms with E-state index in [4.69, 9.17) is 11.6 Å². The lowest BCUT2D eigenvalue weighted by Crippen LogP contribution is -2.52. The minimum atomic E-state index is -4.01. The molecular formula is C21H21ClN4O3S. The number of hydrogen-bond donors (Lipinski definition) is 1. The summed E-state index contributed by atoms with van der Waals surface area (Å²) in [5.41, 5.74) is 2.71. The van der Waals surface area contributed by atoms with Crippen LogP contribution in [0.25, 0.3) is 5.69 Å². The molecule has 0 spiro atoms. The molecule has 156 valence electrons. The SMILES string of the molecule is Cc1nn(-c2ccccc2)c(C)c1[C@@H]1C(=O)NCCN1S(=O)(=O)c1ccccc1Cl. The second-order valence-corrected chi connectivity index (χ2v) is 9.34. The van der Waals surface area contributed by atoms with Crippen LogP contribution in [-0.2, 0) is 14.8 Å². The van der Waals surface area contributed by atoms with Gasteiger partial charge in [0.1, 0.15) is 10.9 Å². The fourth-order valence-electron chi connectivity index (χ4n) is 3.83. The number of amides is 1. The van der Waals surface area contributed by atoms with Crippen LogP contribution >= 0.6 is 11.6 Å². The third-order valence-corrected chi connectivity index (χ3v) is 7.58. The summed E-state index contributed by atoms with van der Waals surface area (Å²) in [6.07, 6.45) is 0. The Bertz CT molecular complexity index is 1210. The van der Waals surface area contributed by atoms with Gasteiger partial charge in [0.15, 0.2) is 0 Å². The number of sulfonamides is 1. The molecule has 1 N–H and O–H groups in total. The van der Waals surface area contributed by atoms with E-state index in [9.17, 15) is 13.2 Å². The first-order valence-corrected chi connectivity index (χ1v) is 11.3. The van der Waals surface area contributed by atoms with Crippen LogP contribution in [0.5, 0.6) is 0 Å². The van der Waals surface area contributed by atoms with Crippen molar-refractivity contribution in [3.63, 3.8) is 0 Å². The van der Waals surface area contributed by atoms with Gasteiger partial charge in [-0.15, -0.1) is 0 Å². The van der Waals surface area contributed by atoms with Gasteiger partial charge in [0.25, 0.3) is 0 Å². The number of piperazine rings is 1. The number of para-hydroxylation sites is 1. The number of aryl methyl sites for hydroxylation is 1.